The van der Waals surface area contributed by atoms with Crippen molar-refractivity contribution in [1.29, 1.82) is 0 Å². The molecule has 0 aliphatic heterocycles. The number of aromatic hydroxyl groups is 1. The normalized spacial score (nSPS) is 10.3. The SMILES string of the molecule is Oc1cnccc1-c1nnc(-c2ccncc2)nn1. The maximum Gasteiger partial charge on any atom is 0.207 e. The lowest BCUT2D eigenvalue weighted by Crippen LogP contribution is -1.99. The van der Waals surface area contributed by atoms with E-state index in [1.165, 1.54) is 12.4 Å². The fourth-order valence-electron chi connectivity index (χ4n) is 1.53. The van der Waals surface area contributed by atoms with E-state index in [2.05, 4.69) is 30.4 Å². The maximum absolute atomic E-state index is 9.64. The Bertz CT molecular complexity index is 686. The Morgan fingerprint density at radius 3 is 2.05 bits per heavy atom. The monoisotopic (exact) mass is 252 g/mol. The standard InChI is InChI=1S/C12H8N6O/c19-10-7-14-6-3-9(10)12-17-15-11(16-18-12)8-1-4-13-5-2-8/h1-7,19H. The van der Waals surface area contributed by atoms with Crippen molar-refractivity contribution >= 4 is 0 Å². The van der Waals surface area contributed by atoms with Crippen molar-refractivity contribution in [2.24, 2.45) is 0 Å². The van der Waals surface area contributed by atoms with E-state index < -0.39 is 0 Å². The number of aromatic nitrogens is 6. The lowest BCUT2D eigenvalue weighted by molar-refractivity contribution is 0.474. The van der Waals surface area contributed by atoms with Gasteiger partial charge in [0.1, 0.15) is 5.75 Å². The minimum absolute atomic E-state index is 0.0113. The fourth-order valence-corrected chi connectivity index (χ4v) is 1.53. The van der Waals surface area contributed by atoms with Crippen molar-refractivity contribution in [2.75, 3.05) is 0 Å². The van der Waals surface area contributed by atoms with Crippen molar-refractivity contribution < 1.29 is 5.11 Å². The molecule has 0 saturated carbocycles. The van der Waals surface area contributed by atoms with Crippen molar-refractivity contribution in [3.8, 4) is 28.5 Å². The highest BCUT2D eigenvalue weighted by Crippen LogP contribution is 2.23. The summed E-state index contributed by atoms with van der Waals surface area (Å²) in [6.45, 7) is 0. The van der Waals surface area contributed by atoms with Crippen LogP contribution < -0.4 is 0 Å². The first kappa shape index (κ1) is 11.1. The molecule has 0 amide bonds. The third-order valence-corrected chi connectivity index (χ3v) is 2.46. The highest BCUT2D eigenvalue weighted by atomic mass is 16.3. The number of pyridine rings is 2. The molecule has 1 N–H and O–H groups in total. The molecule has 0 atom stereocenters. The van der Waals surface area contributed by atoms with Crippen LogP contribution in [-0.2, 0) is 0 Å². The minimum atomic E-state index is -0.0113. The van der Waals surface area contributed by atoms with Crippen molar-refractivity contribution in [3.05, 3.63) is 43.0 Å². The first-order chi connectivity index (χ1) is 9.34. The van der Waals surface area contributed by atoms with Gasteiger partial charge in [0.05, 0.1) is 11.8 Å². The summed E-state index contributed by atoms with van der Waals surface area (Å²) in [5.74, 6) is 0.639. The van der Waals surface area contributed by atoms with Gasteiger partial charge in [-0.15, -0.1) is 20.4 Å². The first-order valence-electron chi connectivity index (χ1n) is 5.46. The second-order valence-electron chi connectivity index (χ2n) is 3.68. The molecule has 0 aliphatic rings. The molecular formula is C12H8N6O. The summed E-state index contributed by atoms with van der Waals surface area (Å²) < 4.78 is 0. The van der Waals surface area contributed by atoms with E-state index in [1.54, 1.807) is 30.6 Å². The average Bonchev–Trinajstić information content (AvgIpc) is 2.49. The highest BCUT2D eigenvalue weighted by Gasteiger charge is 2.09. The zero-order valence-corrected chi connectivity index (χ0v) is 9.67. The third-order valence-electron chi connectivity index (χ3n) is 2.46. The Kier molecular flexibility index (Phi) is 2.77. The third kappa shape index (κ3) is 2.21. The van der Waals surface area contributed by atoms with Crippen LogP contribution in [0.4, 0.5) is 0 Å². The van der Waals surface area contributed by atoms with Crippen LogP contribution in [0.25, 0.3) is 22.8 Å². The van der Waals surface area contributed by atoms with E-state index in [0.29, 0.717) is 11.4 Å². The fraction of sp³-hybridized carbons (Fsp3) is 0. The molecule has 19 heavy (non-hydrogen) atoms. The Hall–Kier alpha value is -2.96. The van der Waals surface area contributed by atoms with Crippen LogP contribution in [-0.4, -0.2) is 35.5 Å². The van der Waals surface area contributed by atoms with Gasteiger partial charge in [0.15, 0.2) is 0 Å². The zero-order chi connectivity index (χ0) is 13.1. The van der Waals surface area contributed by atoms with Crippen LogP contribution in [0.1, 0.15) is 0 Å². The Morgan fingerprint density at radius 2 is 1.37 bits per heavy atom. The van der Waals surface area contributed by atoms with Gasteiger partial charge in [-0.2, -0.15) is 0 Å². The smallest absolute Gasteiger partial charge is 0.207 e. The van der Waals surface area contributed by atoms with Crippen LogP contribution in [0.5, 0.6) is 5.75 Å². The number of hydrogen-bond donors (Lipinski definition) is 1. The Morgan fingerprint density at radius 1 is 0.737 bits per heavy atom. The van der Waals surface area contributed by atoms with Crippen LogP contribution in [0.15, 0.2) is 43.0 Å². The van der Waals surface area contributed by atoms with Gasteiger partial charge in [-0.25, -0.2) is 0 Å². The molecule has 0 fully saturated rings. The molecule has 3 rings (SSSR count). The van der Waals surface area contributed by atoms with Crippen LogP contribution in [0.3, 0.4) is 0 Å². The summed E-state index contributed by atoms with van der Waals surface area (Å²) >= 11 is 0. The highest BCUT2D eigenvalue weighted by molar-refractivity contribution is 5.62. The molecule has 7 heteroatoms. The predicted octanol–water partition coefficient (Wildman–Crippen LogP) is 1.10. The van der Waals surface area contributed by atoms with E-state index in [9.17, 15) is 5.11 Å². The van der Waals surface area contributed by atoms with Crippen LogP contribution in [0.2, 0.25) is 0 Å². The van der Waals surface area contributed by atoms with E-state index in [0.717, 1.165) is 5.56 Å². The summed E-state index contributed by atoms with van der Waals surface area (Å²) in [5.41, 5.74) is 1.22. The lowest BCUT2D eigenvalue weighted by Gasteiger charge is -2.01. The minimum Gasteiger partial charge on any atom is -0.506 e. The summed E-state index contributed by atoms with van der Waals surface area (Å²) in [4.78, 5) is 7.69. The summed E-state index contributed by atoms with van der Waals surface area (Å²) in [7, 11) is 0. The van der Waals surface area contributed by atoms with Gasteiger partial charge in [-0.1, -0.05) is 0 Å². The Labute approximate surface area is 108 Å². The summed E-state index contributed by atoms with van der Waals surface area (Å²) in [5, 5.41) is 25.5. The quantitative estimate of drug-likeness (QED) is 0.729. The zero-order valence-electron chi connectivity index (χ0n) is 9.67. The lowest BCUT2D eigenvalue weighted by atomic mass is 10.2. The molecule has 0 radical (unpaired) electrons. The van der Waals surface area contributed by atoms with Crippen LogP contribution in [0, 0.1) is 0 Å². The second kappa shape index (κ2) is 4.73. The average molecular weight is 252 g/mol. The van der Waals surface area contributed by atoms with Gasteiger partial charge in [0.25, 0.3) is 0 Å². The Balaban J connectivity index is 1.98. The molecular weight excluding hydrogens is 244 g/mol. The first-order valence-corrected chi connectivity index (χ1v) is 5.46. The molecule has 3 aromatic rings. The summed E-state index contributed by atoms with van der Waals surface area (Å²) in [6.07, 6.45) is 6.13. The van der Waals surface area contributed by atoms with Gasteiger partial charge >= 0.3 is 0 Å². The van der Waals surface area contributed by atoms with Gasteiger partial charge in [-0.05, 0) is 18.2 Å². The van der Waals surface area contributed by atoms with Crippen molar-refractivity contribution in [2.45, 2.75) is 0 Å². The number of nitrogens with zero attached hydrogens (tertiary/aromatic N) is 6. The predicted molar refractivity (Wildman–Crippen MR) is 65.7 cm³/mol. The van der Waals surface area contributed by atoms with Gasteiger partial charge in [0, 0.05) is 24.2 Å². The molecule has 0 spiro atoms. The molecule has 0 unspecified atom stereocenters. The van der Waals surface area contributed by atoms with E-state index in [4.69, 9.17) is 0 Å². The molecule has 0 bridgehead atoms. The molecule has 0 saturated heterocycles. The maximum atomic E-state index is 9.64. The molecule has 3 aromatic heterocycles. The number of hydrogen-bond acceptors (Lipinski definition) is 7. The van der Waals surface area contributed by atoms with Gasteiger partial charge < -0.3 is 5.11 Å². The van der Waals surface area contributed by atoms with E-state index in [1.807, 2.05) is 0 Å². The topological polar surface area (TPSA) is 97.6 Å². The van der Waals surface area contributed by atoms with E-state index in [-0.39, 0.29) is 11.6 Å². The molecule has 0 aromatic carbocycles. The van der Waals surface area contributed by atoms with Gasteiger partial charge in [0.2, 0.25) is 11.6 Å². The molecule has 7 nitrogen and oxygen atoms in total. The number of rotatable bonds is 2. The van der Waals surface area contributed by atoms with Gasteiger partial charge in [-0.3, -0.25) is 9.97 Å². The molecule has 92 valence electrons. The van der Waals surface area contributed by atoms with E-state index >= 15 is 0 Å². The van der Waals surface area contributed by atoms with Crippen molar-refractivity contribution in [3.63, 3.8) is 0 Å². The largest absolute Gasteiger partial charge is 0.506 e. The molecule has 3 heterocycles. The summed E-state index contributed by atoms with van der Waals surface area (Å²) in [6, 6.07) is 5.13. The second-order valence-corrected chi connectivity index (χ2v) is 3.68. The van der Waals surface area contributed by atoms with Crippen molar-refractivity contribution in [1.82, 2.24) is 30.4 Å². The van der Waals surface area contributed by atoms with Crippen LogP contribution >= 0.6 is 0 Å². The molecule has 0 aliphatic carbocycles.